The average Bonchev–Trinajstić information content (AvgIpc) is 2.62. The first kappa shape index (κ1) is 12.8. The van der Waals surface area contributed by atoms with Gasteiger partial charge < -0.3 is 14.0 Å². The Labute approximate surface area is 116 Å². The molecule has 0 saturated carbocycles. The maximum absolute atomic E-state index is 14.2. The lowest BCUT2D eigenvalue weighted by atomic mass is 10.1. The summed E-state index contributed by atoms with van der Waals surface area (Å²) in [7, 11) is 5.14. The normalized spacial score (nSPS) is 14.4. The standard InChI is InChI=1S/C16H16FNO2/c1-18-12-7-8-14(19-2)15(20-3)9-10(12)16-11(17)5-4-6-13(16)18/h4-6,8-9H,7H2,1-3H3. The largest absolute Gasteiger partial charge is 0.493 e. The number of allylic oxidation sites excluding steroid dienone is 1. The van der Waals surface area contributed by atoms with Gasteiger partial charge in [0.2, 0.25) is 0 Å². The van der Waals surface area contributed by atoms with Crippen LogP contribution in [-0.4, -0.2) is 18.8 Å². The highest BCUT2D eigenvalue weighted by atomic mass is 19.1. The summed E-state index contributed by atoms with van der Waals surface area (Å²) in [5, 5.41) is 0.630. The number of nitrogens with zero attached hydrogens (tertiary/aromatic N) is 1. The summed E-state index contributed by atoms with van der Waals surface area (Å²) in [6.45, 7) is 0. The Balaban J connectivity index is 2.35. The van der Waals surface area contributed by atoms with E-state index in [9.17, 15) is 4.39 Å². The van der Waals surface area contributed by atoms with Crippen LogP contribution in [0, 0.1) is 5.82 Å². The molecular weight excluding hydrogens is 257 g/mol. The first-order valence-corrected chi connectivity index (χ1v) is 6.43. The fourth-order valence-electron chi connectivity index (χ4n) is 2.77. The molecule has 3 rings (SSSR count). The molecule has 0 saturated heterocycles. The van der Waals surface area contributed by atoms with E-state index in [0.29, 0.717) is 23.3 Å². The van der Waals surface area contributed by atoms with Gasteiger partial charge >= 0.3 is 0 Å². The lowest BCUT2D eigenvalue weighted by Gasteiger charge is -2.08. The zero-order valence-electron chi connectivity index (χ0n) is 11.7. The number of fused-ring (bicyclic) bond motifs is 3. The number of hydrogen-bond donors (Lipinski definition) is 0. The van der Waals surface area contributed by atoms with Crippen molar-refractivity contribution in [1.82, 2.24) is 4.57 Å². The summed E-state index contributed by atoms with van der Waals surface area (Å²) in [5.74, 6) is 1.07. The number of benzene rings is 1. The zero-order valence-corrected chi connectivity index (χ0v) is 11.7. The van der Waals surface area contributed by atoms with Gasteiger partial charge in [0.05, 0.1) is 19.7 Å². The fraction of sp³-hybridized carbons (Fsp3) is 0.250. The van der Waals surface area contributed by atoms with Gasteiger partial charge in [-0.2, -0.15) is 0 Å². The van der Waals surface area contributed by atoms with Crippen molar-refractivity contribution in [2.24, 2.45) is 7.05 Å². The molecule has 0 bridgehead atoms. The second-order valence-electron chi connectivity index (χ2n) is 4.74. The Bertz CT molecular complexity index is 741. The molecule has 0 atom stereocenters. The second kappa shape index (κ2) is 4.71. The summed E-state index contributed by atoms with van der Waals surface area (Å²) >= 11 is 0. The molecule has 0 fully saturated rings. The van der Waals surface area contributed by atoms with Crippen molar-refractivity contribution >= 4 is 17.0 Å². The number of aromatic nitrogens is 1. The molecule has 20 heavy (non-hydrogen) atoms. The van der Waals surface area contributed by atoms with Crippen molar-refractivity contribution in [2.45, 2.75) is 6.42 Å². The molecular formula is C16H16FNO2. The Kier molecular flexibility index (Phi) is 3.01. The molecule has 0 radical (unpaired) electrons. The van der Waals surface area contributed by atoms with Crippen LogP contribution >= 0.6 is 0 Å². The van der Waals surface area contributed by atoms with Gasteiger partial charge in [0.1, 0.15) is 5.82 Å². The highest BCUT2D eigenvalue weighted by Gasteiger charge is 2.20. The van der Waals surface area contributed by atoms with Crippen molar-refractivity contribution in [2.75, 3.05) is 14.2 Å². The van der Waals surface area contributed by atoms with Crippen LogP contribution in [0.4, 0.5) is 4.39 Å². The fourth-order valence-corrected chi connectivity index (χ4v) is 2.77. The molecule has 0 unspecified atom stereocenters. The molecule has 1 aliphatic carbocycles. The maximum Gasteiger partial charge on any atom is 0.161 e. The van der Waals surface area contributed by atoms with E-state index < -0.39 is 0 Å². The lowest BCUT2D eigenvalue weighted by Crippen LogP contribution is -1.96. The SMILES string of the molecule is COC1=CCc2c(c3c(F)cccc3n2C)C=C1OC. The van der Waals surface area contributed by atoms with Gasteiger partial charge in [-0.3, -0.25) is 0 Å². The van der Waals surface area contributed by atoms with Gasteiger partial charge in [-0.05, 0) is 24.3 Å². The van der Waals surface area contributed by atoms with E-state index in [1.54, 1.807) is 20.3 Å². The molecule has 0 N–H and O–H groups in total. The molecule has 1 heterocycles. The molecule has 0 aliphatic heterocycles. The highest BCUT2D eigenvalue weighted by Crippen LogP contribution is 2.33. The van der Waals surface area contributed by atoms with E-state index in [0.717, 1.165) is 16.8 Å². The van der Waals surface area contributed by atoms with Crippen LogP contribution in [0.3, 0.4) is 0 Å². The summed E-state index contributed by atoms with van der Waals surface area (Å²) in [6.07, 6.45) is 4.48. The molecule has 3 nitrogen and oxygen atoms in total. The smallest absolute Gasteiger partial charge is 0.161 e. The minimum atomic E-state index is -0.216. The van der Waals surface area contributed by atoms with Gasteiger partial charge in [0.25, 0.3) is 0 Å². The van der Waals surface area contributed by atoms with E-state index in [1.807, 2.05) is 29.8 Å². The van der Waals surface area contributed by atoms with Crippen molar-refractivity contribution in [3.63, 3.8) is 0 Å². The number of ether oxygens (including phenoxy) is 2. The van der Waals surface area contributed by atoms with Crippen LogP contribution < -0.4 is 0 Å². The monoisotopic (exact) mass is 273 g/mol. The van der Waals surface area contributed by atoms with Crippen molar-refractivity contribution in [3.05, 3.63) is 52.9 Å². The summed E-state index contributed by atoms with van der Waals surface area (Å²) in [6, 6.07) is 5.14. The quantitative estimate of drug-likeness (QED) is 0.837. The minimum Gasteiger partial charge on any atom is -0.493 e. The summed E-state index contributed by atoms with van der Waals surface area (Å²) in [4.78, 5) is 0. The molecule has 1 aliphatic rings. The average molecular weight is 273 g/mol. The molecule has 2 aromatic rings. The van der Waals surface area contributed by atoms with Crippen molar-refractivity contribution < 1.29 is 13.9 Å². The summed E-state index contributed by atoms with van der Waals surface area (Å²) < 4.78 is 26.9. The number of aryl methyl sites for hydroxylation is 1. The van der Waals surface area contributed by atoms with Gasteiger partial charge in [0.15, 0.2) is 11.5 Å². The Morgan fingerprint density at radius 1 is 1.15 bits per heavy atom. The Morgan fingerprint density at radius 2 is 1.90 bits per heavy atom. The van der Waals surface area contributed by atoms with Crippen LogP contribution in [0.15, 0.2) is 35.8 Å². The number of rotatable bonds is 2. The first-order valence-electron chi connectivity index (χ1n) is 6.43. The highest BCUT2D eigenvalue weighted by molar-refractivity contribution is 5.92. The topological polar surface area (TPSA) is 23.4 Å². The molecule has 1 aromatic heterocycles. The Hall–Kier alpha value is -2.23. The van der Waals surface area contributed by atoms with Gasteiger partial charge in [-0.15, -0.1) is 0 Å². The molecule has 4 heteroatoms. The van der Waals surface area contributed by atoms with Crippen LogP contribution in [0.5, 0.6) is 0 Å². The van der Waals surface area contributed by atoms with Crippen LogP contribution in [0.25, 0.3) is 17.0 Å². The van der Waals surface area contributed by atoms with E-state index in [4.69, 9.17) is 9.47 Å². The zero-order chi connectivity index (χ0) is 14.3. The van der Waals surface area contributed by atoms with Crippen LogP contribution in [0.2, 0.25) is 0 Å². The van der Waals surface area contributed by atoms with E-state index in [2.05, 4.69) is 0 Å². The third-order valence-electron chi connectivity index (χ3n) is 3.78. The summed E-state index contributed by atoms with van der Waals surface area (Å²) in [5.41, 5.74) is 2.79. The third kappa shape index (κ3) is 1.72. The van der Waals surface area contributed by atoms with Gasteiger partial charge in [0, 0.05) is 30.1 Å². The lowest BCUT2D eigenvalue weighted by molar-refractivity contribution is 0.222. The number of halogens is 1. The predicted octanol–water partition coefficient (Wildman–Crippen LogP) is 3.39. The predicted molar refractivity (Wildman–Crippen MR) is 76.7 cm³/mol. The van der Waals surface area contributed by atoms with Crippen LogP contribution in [0.1, 0.15) is 11.3 Å². The molecule has 0 spiro atoms. The first-order chi connectivity index (χ1) is 9.67. The third-order valence-corrected chi connectivity index (χ3v) is 3.78. The van der Waals surface area contributed by atoms with E-state index in [-0.39, 0.29) is 5.82 Å². The minimum absolute atomic E-state index is 0.216. The molecule has 104 valence electrons. The van der Waals surface area contributed by atoms with Gasteiger partial charge in [-0.1, -0.05) is 6.07 Å². The van der Waals surface area contributed by atoms with Gasteiger partial charge in [-0.25, -0.2) is 4.39 Å². The second-order valence-corrected chi connectivity index (χ2v) is 4.74. The molecule has 0 amide bonds. The number of hydrogen-bond acceptors (Lipinski definition) is 2. The van der Waals surface area contributed by atoms with E-state index >= 15 is 0 Å². The van der Waals surface area contributed by atoms with Crippen LogP contribution in [-0.2, 0) is 22.9 Å². The number of methoxy groups -OCH3 is 2. The van der Waals surface area contributed by atoms with Crippen molar-refractivity contribution in [3.8, 4) is 0 Å². The Morgan fingerprint density at radius 3 is 2.60 bits per heavy atom. The molecule has 1 aromatic carbocycles. The van der Waals surface area contributed by atoms with Crippen molar-refractivity contribution in [1.29, 1.82) is 0 Å². The maximum atomic E-state index is 14.2. The van der Waals surface area contributed by atoms with E-state index in [1.165, 1.54) is 6.07 Å².